The van der Waals surface area contributed by atoms with E-state index in [9.17, 15) is 0 Å². The summed E-state index contributed by atoms with van der Waals surface area (Å²) in [6, 6.07) is 7.04. The van der Waals surface area contributed by atoms with Crippen molar-refractivity contribution in [1.82, 2.24) is 5.48 Å². The molecule has 1 aromatic rings. The van der Waals surface area contributed by atoms with E-state index in [1.807, 2.05) is 0 Å². The van der Waals surface area contributed by atoms with Crippen LogP contribution in [0, 0.1) is 6.92 Å². The summed E-state index contributed by atoms with van der Waals surface area (Å²) in [5.74, 6) is 0. The van der Waals surface area contributed by atoms with Crippen LogP contribution in [-0.2, 0) is 11.3 Å². The summed E-state index contributed by atoms with van der Waals surface area (Å²) >= 11 is 0. The molecular formula is C11H15NO. The lowest BCUT2D eigenvalue weighted by molar-refractivity contribution is 0.0610. The van der Waals surface area contributed by atoms with Gasteiger partial charge < -0.3 is 4.84 Å². The molecule has 0 radical (unpaired) electrons. The fraction of sp³-hybridized carbons (Fsp3) is 0.455. The molecule has 0 saturated heterocycles. The van der Waals surface area contributed by atoms with Gasteiger partial charge in [0.25, 0.3) is 0 Å². The van der Waals surface area contributed by atoms with Crippen LogP contribution < -0.4 is 5.48 Å². The molecule has 0 aliphatic heterocycles. The van der Waals surface area contributed by atoms with Gasteiger partial charge in [-0.1, -0.05) is 23.8 Å². The van der Waals surface area contributed by atoms with Crippen molar-refractivity contribution in [2.75, 3.05) is 7.11 Å². The first kappa shape index (κ1) is 8.73. The van der Waals surface area contributed by atoms with E-state index < -0.39 is 0 Å². The molecule has 0 bridgehead atoms. The number of rotatable bonds is 2. The summed E-state index contributed by atoms with van der Waals surface area (Å²) in [6.45, 7) is 2.13. The van der Waals surface area contributed by atoms with E-state index in [4.69, 9.17) is 4.84 Å². The zero-order valence-electron chi connectivity index (χ0n) is 8.13. The normalized spacial score (nSPS) is 20.3. The summed E-state index contributed by atoms with van der Waals surface area (Å²) in [5, 5.41) is 0. The lowest BCUT2D eigenvalue weighted by atomic mass is 10.1. The molecule has 2 nitrogen and oxygen atoms in total. The summed E-state index contributed by atoms with van der Waals surface area (Å²) in [4.78, 5) is 4.97. The number of fused-ring (bicyclic) bond motifs is 1. The summed E-state index contributed by atoms with van der Waals surface area (Å²) in [7, 11) is 1.67. The van der Waals surface area contributed by atoms with Crippen molar-refractivity contribution >= 4 is 0 Å². The number of hydrogen-bond donors (Lipinski definition) is 1. The summed E-state index contributed by atoms with van der Waals surface area (Å²) in [5.41, 5.74) is 7.21. The second-order valence-corrected chi connectivity index (χ2v) is 3.62. The molecule has 1 aliphatic carbocycles. The van der Waals surface area contributed by atoms with Gasteiger partial charge in [0.05, 0.1) is 13.2 Å². The van der Waals surface area contributed by atoms with Crippen molar-refractivity contribution in [3.8, 4) is 0 Å². The van der Waals surface area contributed by atoms with Gasteiger partial charge in [-0.2, -0.15) is 5.48 Å². The Labute approximate surface area is 78.9 Å². The molecule has 0 spiro atoms. The molecule has 0 saturated carbocycles. The predicted molar refractivity (Wildman–Crippen MR) is 52.4 cm³/mol. The van der Waals surface area contributed by atoms with E-state index in [1.165, 1.54) is 16.7 Å². The molecule has 1 unspecified atom stereocenters. The van der Waals surface area contributed by atoms with E-state index in [-0.39, 0.29) is 0 Å². The van der Waals surface area contributed by atoms with Gasteiger partial charge in [-0.15, -0.1) is 0 Å². The Balaban J connectivity index is 2.29. The Hall–Kier alpha value is -0.860. The third-order valence-corrected chi connectivity index (χ3v) is 2.64. The van der Waals surface area contributed by atoms with Crippen molar-refractivity contribution in [2.24, 2.45) is 0 Å². The fourth-order valence-corrected chi connectivity index (χ4v) is 1.99. The zero-order chi connectivity index (χ0) is 9.26. The topological polar surface area (TPSA) is 21.3 Å². The van der Waals surface area contributed by atoms with Gasteiger partial charge in [-0.25, -0.2) is 0 Å². The number of hydroxylamine groups is 1. The highest BCUT2D eigenvalue weighted by atomic mass is 16.6. The van der Waals surface area contributed by atoms with Crippen molar-refractivity contribution in [3.63, 3.8) is 0 Å². The third-order valence-electron chi connectivity index (χ3n) is 2.64. The van der Waals surface area contributed by atoms with Crippen molar-refractivity contribution in [1.29, 1.82) is 0 Å². The standard InChI is InChI=1S/C11H15NO/c1-8-3-4-9-5-6-11(12-13-2)10(9)7-8/h3-4,7,11-12H,5-6H2,1-2H3. The SMILES string of the molecule is CONC1CCc2ccc(C)cc21. The van der Waals surface area contributed by atoms with Crippen LogP contribution in [-0.4, -0.2) is 7.11 Å². The Morgan fingerprint density at radius 1 is 1.46 bits per heavy atom. The number of aryl methyl sites for hydroxylation is 2. The summed E-state index contributed by atoms with van der Waals surface area (Å²) < 4.78 is 0. The average Bonchev–Trinajstić information content (AvgIpc) is 2.49. The maximum absolute atomic E-state index is 4.97. The lowest BCUT2D eigenvalue weighted by Gasteiger charge is -2.11. The third kappa shape index (κ3) is 1.60. The minimum Gasteiger partial charge on any atom is -0.305 e. The smallest absolute Gasteiger partial charge is 0.0577 e. The monoisotopic (exact) mass is 177 g/mol. The highest BCUT2D eigenvalue weighted by molar-refractivity contribution is 5.37. The van der Waals surface area contributed by atoms with Gasteiger partial charge in [-0.05, 0) is 30.9 Å². The molecule has 2 heteroatoms. The molecule has 13 heavy (non-hydrogen) atoms. The van der Waals surface area contributed by atoms with E-state index in [2.05, 4.69) is 30.6 Å². The van der Waals surface area contributed by atoms with Gasteiger partial charge in [0.2, 0.25) is 0 Å². The molecule has 0 aromatic heterocycles. The van der Waals surface area contributed by atoms with Crippen LogP contribution in [0.1, 0.15) is 29.2 Å². The minimum absolute atomic E-state index is 0.389. The Morgan fingerprint density at radius 2 is 2.31 bits per heavy atom. The molecule has 70 valence electrons. The van der Waals surface area contributed by atoms with Gasteiger partial charge >= 0.3 is 0 Å². The highest BCUT2D eigenvalue weighted by Crippen LogP contribution is 2.31. The summed E-state index contributed by atoms with van der Waals surface area (Å²) in [6.07, 6.45) is 2.31. The quantitative estimate of drug-likeness (QED) is 0.699. The molecule has 2 rings (SSSR count). The van der Waals surface area contributed by atoms with Crippen LogP contribution in [0.15, 0.2) is 18.2 Å². The molecule has 1 aliphatic rings. The zero-order valence-corrected chi connectivity index (χ0v) is 8.13. The van der Waals surface area contributed by atoms with Crippen molar-refractivity contribution in [2.45, 2.75) is 25.8 Å². The Bertz CT molecular complexity index is 307. The second-order valence-electron chi connectivity index (χ2n) is 3.62. The highest BCUT2D eigenvalue weighted by Gasteiger charge is 2.21. The van der Waals surface area contributed by atoms with Gasteiger partial charge in [-0.3, -0.25) is 0 Å². The fourth-order valence-electron chi connectivity index (χ4n) is 1.99. The molecule has 1 atom stereocenters. The molecule has 0 amide bonds. The maximum Gasteiger partial charge on any atom is 0.0577 e. The van der Waals surface area contributed by atoms with Crippen LogP contribution in [0.5, 0.6) is 0 Å². The van der Waals surface area contributed by atoms with Gasteiger partial charge in [0, 0.05) is 0 Å². The van der Waals surface area contributed by atoms with Crippen LogP contribution in [0.2, 0.25) is 0 Å². The van der Waals surface area contributed by atoms with Gasteiger partial charge in [0.15, 0.2) is 0 Å². The number of nitrogens with one attached hydrogen (secondary N) is 1. The van der Waals surface area contributed by atoms with E-state index in [1.54, 1.807) is 7.11 Å². The predicted octanol–water partition coefficient (Wildman–Crippen LogP) is 2.13. The number of hydrogen-bond acceptors (Lipinski definition) is 2. The largest absolute Gasteiger partial charge is 0.305 e. The van der Waals surface area contributed by atoms with Crippen molar-refractivity contribution < 1.29 is 4.84 Å². The van der Waals surface area contributed by atoms with E-state index >= 15 is 0 Å². The molecule has 0 heterocycles. The first-order valence-electron chi connectivity index (χ1n) is 4.69. The minimum atomic E-state index is 0.389. The Morgan fingerprint density at radius 3 is 3.08 bits per heavy atom. The van der Waals surface area contributed by atoms with Crippen LogP contribution >= 0.6 is 0 Å². The van der Waals surface area contributed by atoms with Gasteiger partial charge in [0.1, 0.15) is 0 Å². The lowest BCUT2D eigenvalue weighted by Crippen LogP contribution is -2.17. The second kappa shape index (κ2) is 3.48. The molecular weight excluding hydrogens is 162 g/mol. The van der Waals surface area contributed by atoms with Crippen LogP contribution in [0.4, 0.5) is 0 Å². The first-order chi connectivity index (χ1) is 6.31. The molecule has 1 aromatic carbocycles. The van der Waals surface area contributed by atoms with E-state index in [0.29, 0.717) is 6.04 Å². The molecule has 0 fully saturated rings. The van der Waals surface area contributed by atoms with Crippen molar-refractivity contribution in [3.05, 3.63) is 34.9 Å². The molecule has 1 N–H and O–H groups in total. The van der Waals surface area contributed by atoms with Crippen LogP contribution in [0.3, 0.4) is 0 Å². The first-order valence-corrected chi connectivity index (χ1v) is 4.69. The average molecular weight is 177 g/mol. The Kier molecular flexibility index (Phi) is 2.34. The van der Waals surface area contributed by atoms with Crippen LogP contribution in [0.25, 0.3) is 0 Å². The van der Waals surface area contributed by atoms with E-state index in [0.717, 1.165) is 12.8 Å². The number of benzene rings is 1. The maximum atomic E-state index is 4.97.